The van der Waals surface area contributed by atoms with E-state index < -0.39 is 120 Å². The fourth-order valence-corrected chi connectivity index (χ4v) is 7.61. The molecule has 23 nitrogen and oxygen atoms in total. The van der Waals surface area contributed by atoms with E-state index in [9.17, 15) is 48.3 Å². The van der Waals surface area contributed by atoms with Crippen LogP contribution < -0.4 is 49.1 Å². The molecule has 0 spiro atoms. The first-order valence-corrected chi connectivity index (χ1v) is 23.4. The molecule has 70 heavy (non-hydrogen) atoms. The van der Waals surface area contributed by atoms with E-state index in [-0.39, 0.29) is 43.9 Å². The van der Waals surface area contributed by atoms with Gasteiger partial charge in [0.05, 0.1) is 37.5 Å². The number of hydrogen-bond acceptors (Lipinski definition) is 12. The number of H-pyrrole nitrogens is 2. The Bertz CT molecular complexity index is 2260. The van der Waals surface area contributed by atoms with E-state index in [1.165, 1.54) is 26.5 Å². The van der Waals surface area contributed by atoms with Gasteiger partial charge in [0.25, 0.3) is 0 Å². The highest BCUT2D eigenvalue weighted by Crippen LogP contribution is 2.20. The van der Waals surface area contributed by atoms with Crippen LogP contribution in [0, 0.1) is 17.8 Å². The Hall–Kier alpha value is -6.88. The number of hydrogen-bond donors (Lipinski definition) is 12. The minimum Gasteiger partial charge on any atom is -0.390 e. The van der Waals surface area contributed by atoms with Crippen LogP contribution in [0.25, 0.3) is 10.9 Å². The van der Waals surface area contributed by atoms with Crippen LogP contribution in [0.2, 0.25) is 0 Å². The minimum absolute atomic E-state index is 0.000741. The van der Waals surface area contributed by atoms with Crippen LogP contribution in [0.5, 0.6) is 0 Å². The quantitative estimate of drug-likeness (QED) is 0.0384. The smallest absolute Gasteiger partial charge is 0.245 e. The zero-order chi connectivity index (χ0) is 52.4. The summed E-state index contributed by atoms with van der Waals surface area (Å²) in [7, 11) is 1.34. The molecule has 0 aliphatic carbocycles. The normalized spacial score (nSPS) is 14.9. The number of carbonyl (C=O) groups is 9. The van der Waals surface area contributed by atoms with Gasteiger partial charge in [-0.1, -0.05) is 59.7 Å². The van der Waals surface area contributed by atoms with E-state index in [4.69, 9.17) is 17.2 Å². The average molecular weight is 980 g/mol. The number of nitrogens with two attached hydrogens (primary N) is 3. The van der Waals surface area contributed by atoms with Crippen molar-refractivity contribution in [3.63, 3.8) is 0 Å². The van der Waals surface area contributed by atoms with Gasteiger partial charge in [-0.25, -0.2) is 4.98 Å². The molecule has 9 amide bonds. The van der Waals surface area contributed by atoms with Gasteiger partial charge in [0.1, 0.15) is 30.2 Å². The molecule has 0 radical (unpaired) electrons. The molecule has 0 fully saturated rings. The number of amides is 9. The van der Waals surface area contributed by atoms with Gasteiger partial charge in [0, 0.05) is 55.3 Å². The molecular weight excluding hydrogens is 907 g/mol. The summed E-state index contributed by atoms with van der Waals surface area (Å²) in [6.45, 7) is 11.6. The third kappa shape index (κ3) is 18.6. The molecule has 0 bridgehead atoms. The van der Waals surface area contributed by atoms with Crippen LogP contribution in [0.1, 0.15) is 91.8 Å². The number of aliphatic hydroxyl groups is 1. The molecule has 386 valence electrons. The lowest BCUT2D eigenvalue weighted by molar-refractivity contribution is -0.140. The van der Waals surface area contributed by atoms with E-state index in [1.54, 1.807) is 20.0 Å². The summed E-state index contributed by atoms with van der Waals surface area (Å²) in [5.74, 6) is -6.82. The molecular formula is C47H73N13O10. The molecule has 0 aliphatic rings. The number of aromatic amines is 2. The SMILES string of the molecule is CC(C)C[C@H](NC(=O)C[C@@H](O)[C@@H](CC(C)C)NC(=O)[C@H](Cc1cnc[nH]1)NC(=O)CN(C)C(=O)[C@@H](NC(=O)[C@H](C)NC(=O)[C@H](Cc1c[nH]c2ccccc12)NC(=O)[C@@H](N)CCC(N)=O)C(C)C)C(N)=O. The predicted molar refractivity (Wildman–Crippen MR) is 259 cm³/mol. The number of carbonyl (C=O) groups excluding carboxylic acids is 9. The average Bonchev–Trinajstić information content (AvgIpc) is 3.95. The number of fused-ring (bicyclic) bond motifs is 1. The van der Waals surface area contributed by atoms with Gasteiger partial charge < -0.3 is 69.1 Å². The van der Waals surface area contributed by atoms with E-state index >= 15 is 0 Å². The van der Waals surface area contributed by atoms with Crippen LogP contribution in [-0.4, -0.2) is 140 Å². The van der Waals surface area contributed by atoms with Gasteiger partial charge in [-0.2, -0.15) is 0 Å². The summed E-state index contributed by atoms with van der Waals surface area (Å²) >= 11 is 0. The Morgan fingerprint density at radius 1 is 0.729 bits per heavy atom. The number of likely N-dealkylation sites (N-methyl/N-ethyl adjacent to an activating group) is 1. The molecule has 8 atom stereocenters. The van der Waals surface area contributed by atoms with Crippen molar-refractivity contribution in [1.29, 1.82) is 0 Å². The fourth-order valence-electron chi connectivity index (χ4n) is 7.61. The number of nitrogens with one attached hydrogen (secondary N) is 8. The number of imidazole rings is 1. The van der Waals surface area contributed by atoms with E-state index in [1.807, 2.05) is 52.0 Å². The monoisotopic (exact) mass is 980 g/mol. The first-order valence-electron chi connectivity index (χ1n) is 23.4. The van der Waals surface area contributed by atoms with E-state index in [0.717, 1.165) is 15.8 Å². The van der Waals surface area contributed by atoms with E-state index in [0.29, 0.717) is 17.7 Å². The molecule has 2 heterocycles. The van der Waals surface area contributed by atoms with Crippen LogP contribution in [-0.2, 0) is 56.0 Å². The van der Waals surface area contributed by atoms with Crippen molar-refractivity contribution in [3.8, 4) is 0 Å². The summed E-state index contributed by atoms with van der Waals surface area (Å²) in [6.07, 6.45) is 2.97. The number of aromatic nitrogens is 3. The molecule has 3 aromatic rings. The second kappa shape index (κ2) is 27.3. The lowest BCUT2D eigenvalue weighted by Gasteiger charge is -2.30. The number of aliphatic hydroxyl groups excluding tert-OH is 1. The fraction of sp³-hybridized carbons (Fsp3) is 0.574. The summed E-state index contributed by atoms with van der Waals surface area (Å²) in [5.41, 5.74) is 18.7. The van der Waals surface area contributed by atoms with Gasteiger partial charge in [-0.15, -0.1) is 0 Å². The number of nitrogens with zero attached hydrogens (tertiary/aromatic N) is 2. The molecule has 3 rings (SSSR count). The van der Waals surface area contributed by atoms with Crippen LogP contribution in [0.15, 0.2) is 43.0 Å². The maximum Gasteiger partial charge on any atom is 0.245 e. The van der Waals surface area contributed by atoms with Crippen LogP contribution in [0.4, 0.5) is 0 Å². The van der Waals surface area contributed by atoms with Crippen molar-refractivity contribution in [3.05, 3.63) is 54.2 Å². The third-order valence-corrected chi connectivity index (χ3v) is 11.4. The summed E-state index contributed by atoms with van der Waals surface area (Å²) in [6, 6.07) is -0.603. The topological polar surface area (TPSA) is 372 Å². The second-order valence-electron chi connectivity index (χ2n) is 19.0. The van der Waals surface area contributed by atoms with Crippen molar-refractivity contribution in [2.24, 2.45) is 35.0 Å². The summed E-state index contributed by atoms with van der Waals surface area (Å²) in [5, 5.41) is 27.9. The van der Waals surface area contributed by atoms with Crippen molar-refractivity contribution in [2.75, 3.05) is 13.6 Å². The Morgan fingerprint density at radius 2 is 1.36 bits per heavy atom. The molecule has 2 aromatic heterocycles. The van der Waals surface area contributed by atoms with Crippen LogP contribution in [0.3, 0.4) is 0 Å². The maximum absolute atomic E-state index is 13.9. The highest BCUT2D eigenvalue weighted by Gasteiger charge is 2.34. The van der Waals surface area contributed by atoms with Gasteiger partial charge in [0.15, 0.2) is 0 Å². The Kier molecular flexibility index (Phi) is 22.4. The van der Waals surface area contributed by atoms with E-state index in [2.05, 4.69) is 46.9 Å². The highest BCUT2D eigenvalue weighted by atomic mass is 16.3. The van der Waals surface area contributed by atoms with Gasteiger partial charge in [0.2, 0.25) is 53.2 Å². The molecule has 0 aliphatic heterocycles. The number of rotatable bonds is 29. The van der Waals surface area contributed by atoms with Crippen molar-refractivity contribution in [1.82, 2.24) is 51.8 Å². The summed E-state index contributed by atoms with van der Waals surface area (Å²) < 4.78 is 0. The van der Waals surface area contributed by atoms with Crippen molar-refractivity contribution >= 4 is 64.1 Å². The maximum atomic E-state index is 13.9. The predicted octanol–water partition coefficient (Wildman–Crippen LogP) is -1.36. The zero-order valence-electron chi connectivity index (χ0n) is 41.3. The first-order chi connectivity index (χ1) is 32.9. The summed E-state index contributed by atoms with van der Waals surface area (Å²) in [4.78, 5) is 129. The molecule has 1 aromatic carbocycles. The number of benzene rings is 1. The highest BCUT2D eigenvalue weighted by molar-refractivity contribution is 5.96. The molecule has 0 saturated heterocycles. The van der Waals surface area contributed by atoms with Crippen molar-refractivity contribution in [2.45, 2.75) is 142 Å². The molecule has 0 saturated carbocycles. The Morgan fingerprint density at radius 3 is 1.96 bits per heavy atom. The number of para-hydroxylation sites is 1. The molecule has 15 N–H and O–H groups in total. The van der Waals surface area contributed by atoms with Crippen LogP contribution >= 0.6 is 0 Å². The second-order valence-corrected chi connectivity index (χ2v) is 19.0. The molecule has 23 heteroatoms. The van der Waals surface area contributed by atoms with Gasteiger partial charge in [-0.05, 0) is 55.6 Å². The molecule has 0 unspecified atom stereocenters. The Labute approximate surface area is 407 Å². The number of primary amides is 2. The Balaban J connectivity index is 1.71. The first kappa shape index (κ1) is 57.4. The van der Waals surface area contributed by atoms with Gasteiger partial charge in [-0.3, -0.25) is 43.2 Å². The largest absolute Gasteiger partial charge is 0.390 e. The lowest BCUT2D eigenvalue weighted by Crippen LogP contribution is -2.59. The van der Waals surface area contributed by atoms with Gasteiger partial charge >= 0.3 is 0 Å². The standard InChI is InChI=1S/C47H73N13O10/c1-24(2)15-33(37(61)19-39(63)55-34(42(50)65)16-25(3)4)57-46(69)36(18-29-21-51-23-53-29)56-40(64)22-60(8)47(70)41(26(5)6)59-43(66)27(7)54-45(68)35(58-44(67)31(48)13-14-38(49)62)17-28-20-52-32-12-10-9-11-30(28)32/h9-12,20-21,23-27,31,33-37,41,52,61H,13-19,22,48H2,1-8H3,(H2,49,62)(H2,50,65)(H,51,53)(H,54,68)(H,55,63)(H,56,64)(H,57,69)(H,58,67)(H,59,66)/t27-,31-,33+,34-,35-,36-,37+,41-/m0/s1. The third-order valence-electron chi connectivity index (χ3n) is 11.4. The minimum atomic E-state index is -1.39. The lowest BCUT2D eigenvalue weighted by atomic mass is 9.96. The van der Waals surface area contributed by atoms with Crippen molar-refractivity contribution < 1.29 is 48.3 Å². The zero-order valence-corrected chi connectivity index (χ0v) is 41.3.